The van der Waals surface area contributed by atoms with Crippen molar-refractivity contribution in [2.24, 2.45) is 0 Å². The van der Waals surface area contributed by atoms with Gasteiger partial charge in [0.05, 0.1) is 37.1 Å². The van der Waals surface area contributed by atoms with E-state index in [-0.39, 0.29) is 12.7 Å². The Morgan fingerprint density at radius 3 is 2.66 bits per heavy atom. The smallest absolute Gasteiger partial charge is 0.223 e. The van der Waals surface area contributed by atoms with Gasteiger partial charge in [-0.25, -0.2) is 15.0 Å². The Morgan fingerprint density at radius 1 is 1.03 bits per heavy atom. The molecule has 2 N–H and O–H groups in total. The molecule has 1 aliphatic carbocycles. The first kappa shape index (κ1) is 20.8. The normalized spacial score (nSPS) is 21.5. The molecule has 0 unspecified atom stereocenters. The highest BCUT2D eigenvalue weighted by molar-refractivity contribution is 5.85. The quantitative estimate of drug-likeness (QED) is 0.603. The van der Waals surface area contributed by atoms with E-state index in [1.54, 1.807) is 24.7 Å². The van der Waals surface area contributed by atoms with Crippen LogP contribution in [-0.4, -0.2) is 63.5 Å². The first-order chi connectivity index (χ1) is 15.8. The van der Waals surface area contributed by atoms with Crippen LogP contribution in [0.5, 0.6) is 5.75 Å². The summed E-state index contributed by atoms with van der Waals surface area (Å²) in [7, 11) is 0. The molecule has 3 aromatic rings. The number of fused-ring (bicyclic) bond motifs is 1. The maximum absolute atomic E-state index is 9.27. The Kier molecular flexibility index (Phi) is 6.27. The molecule has 0 bridgehead atoms. The monoisotopic (exact) mass is 436 g/mol. The van der Waals surface area contributed by atoms with Gasteiger partial charge in [0.2, 0.25) is 5.95 Å². The van der Waals surface area contributed by atoms with Crippen molar-refractivity contribution in [3.05, 3.63) is 42.5 Å². The lowest BCUT2D eigenvalue weighted by atomic mass is 9.93. The average molecular weight is 437 g/mol. The van der Waals surface area contributed by atoms with E-state index in [1.165, 1.54) is 0 Å². The van der Waals surface area contributed by atoms with Gasteiger partial charge in [0.15, 0.2) is 0 Å². The third-order valence-electron chi connectivity index (χ3n) is 6.08. The molecule has 3 heterocycles. The molecule has 32 heavy (non-hydrogen) atoms. The standard InChI is InChI=1S/C23H28N6O3/c30-15-17-5-6-26-23(28-17)27-16-1-3-19(4-2-16)32-21-14-18(29-9-11-31-12-10-29)13-20-22(21)25-8-7-24-20/h5-8,13-14,16,19,30H,1-4,9-12,15H2,(H,26,27,28). The minimum absolute atomic E-state index is 0.0852. The highest BCUT2D eigenvalue weighted by atomic mass is 16.5. The van der Waals surface area contributed by atoms with Crippen molar-refractivity contribution in [2.45, 2.75) is 44.4 Å². The van der Waals surface area contributed by atoms with Crippen molar-refractivity contribution in [1.82, 2.24) is 19.9 Å². The Bertz CT molecular complexity index is 1050. The summed E-state index contributed by atoms with van der Waals surface area (Å²) in [5, 5.41) is 12.7. The number of rotatable bonds is 6. The minimum atomic E-state index is -0.0852. The van der Waals surface area contributed by atoms with Gasteiger partial charge in [0.25, 0.3) is 0 Å². The largest absolute Gasteiger partial charge is 0.488 e. The maximum atomic E-state index is 9.27. The van der Waals surface area contributed by atoms with Gasteiger partial charge in [-0.1, -0.05) is 0 Å². The number of morpholine rings is 1. The number of ether oxygens (including phenoxy) is 2. The molecule has 1 aliphatic heterocycles. The van der Waals surface area contributed by atoms with E-state index < -0.39 is 0 Å². The number of aliphatic hydroxyl groups is 1. The van der Waals surface area contributed by atoms with E-state index in [9.17, 15) is 5.11 Å². The molecule has 168 valence electrons. The van der Waals surface area contributed by atoms with Crippen molar-refractivity contribution < 1.29 is 14.6 Å². The highest BCUT2D eigenvalue weighted by Crippen LogP contribution is 2.33. The van der Waals surface area contributed by atoms with Crippen LogP contribution in [0, 0.1) is 0 Å². The van der Waals surface area contributed by atoms with Crippen molar-refractivity contribution in [1.29, 1.82) is 0 Å². The first-order valence-electron chi connectivity index (χ1n) is 11.2. The van der Waals surface area contributed by atoms with Gasteiger partial charge >= 0.3 is 0 Å². The molecule has 1 saturated carbocycles. The number of benzene rings is 1. The van der Waals surface area contributed by atoms with Crippen LogP contribution in [0.15, 0.2) is 36.8 Å². The van der Waals surface area contributed by atoms with Crippen LogP contribution >= 0.6 is 0 Å². The van der Waals surface area contributed by atoms with E-state index in [0.717, 1.165) is 74.5 Å². The molecular weight excluding hydrogens is 408 g/mol. The lowest BCUT2D eigenvalue weighted by Crippen LogP contribution is -2.36. The number of anilines is 2. The second kappa shape index (κ2) is 9.62. The number of hydrogen-bond donors (Lipinski definition) is 2. The zero-order valence-electron chi connectivity index (χ0n) is 18.0. The SMILES string of the molecule is OCc1ccnc(NC2CCC(Oc3cc(N4CCOCC4)cc4nccnc34)CC2)n1. The van der Waals surface area contributed by atoms with E-state index in [4.69, 9.17) is 9.47 Å². The Hall–Kier alpha value is -3.04. The van der Waals surface area contributed by atoms with Gasteiger partial charge in [0.1, 0.15) is 11.3 Å². The summed E-state index contributed by atoms with van der Waals surface area (Å²) < 4.78 is 12.0. The van der Waals surface area contributed by atoms with Gasteiger partial charge in [-0.2, -0.15) is 0 Å². The lowest BCUT2D eigenvalue weighted by molar-refractivity contribution is 0.122. The van der Waals surface area contributed by atoms with Crippen LogP contribution in [-0.2, 0) is 11.3 Å². The van der Waals surface area contributed by atoms with Crippen LogP contribution in [0.3, 0.4) is 0 Å². The molecule has 2 aliphatic rings. The number of nitrogens with one attached hydrogen (secondary N) is 1. The topological polar surface area (TPSA) is 106 Å². The number of aliphatic hydroxyl groups excluding tert-OH is 1. The molecule has 2 fully saturated rings. The number of hydrogen-bond acceptors (Lipinski definition) is 9. The molecule has 5 rings (SSSR count). The second-order valence-corrected chi connectivity index (χ2v) is 8.23. The molecule has 0 amide bonds. The molecule has 0 atom stereocenters. The van der Waals surface area contributed by atoms with Crippen LogP contribution in [0.1, 0.15) is 31.4 Å². The molecule has 1 saturated heterocycles. The average Bonchev–Trinajstić information content (AvgIpc) is 2.86. The van der Waals surface area contributed by atoms with Gasteiger partial charge in [-0.15, -0.1) is 0 Å². The van der Waals surface area contributed by atoms with Crippen molar-refractivity contribution in [3.63, 3.8) is 0 Å². The number of aromatic nitrogens is 4. The predicted molar refractivity (Wildman–Crippen MR) is 121 cm³/mol. The van der Waals surface area contributed by atoms with E-state index >= 15 is 0 Å². The van der Waals surface area contributed by atoms with Gasteiger partial charge in [0, 0.05) is 49.5 Å². The molecule has 9 nitrogen and oxygen atoms in total. The predicted octanol–water partition coefficient (Wildman–Crippen LogP) is 2.55. The molecule has 0 spiro atoms. The third kappa shape index (κ3) is 4.73. The molecular formula is C23H28N6O3. The van der Waals surface area contributed by atoms with Crippen molar-refractivity contribution in [3.8, 4) is 5.75 Å². The zero-order valence-corrected chi connectivity index (χ0v) is 18.0. The Balaban J connectivity index is 1.26. The Labute approximate surface area is 186 Å². The van der Waals surface area contributed by atoms with Gasteiger partial charge in [-0.3, -0.25) is 4.98 Å². The molecule has 1 aromatic carbocycles. The minimum Gasteiger partial charge on any atom is -0.488 e. The van der Waals surface area contributed by atoms with Crippen LogP contribution in [0.25, 0.3) is 11.0 Å². The van der Waals surface area contributed by atoms with Crippen LogP contribution in [0.4, 0.5) is 11.6 Å². The van der Waals surface area contributed by atoms with E-state index in [0.29, 0.717) is 17.7 Å². The van der Waals surface area contributed by atoms with E-state index in [2.05, 4.69) is 42.3 Å². The summed E-state index contributed by atoms with van der Waals surface area (Å²) in [4.78, 5) is 20.0. The van der Waals surface area contributed by atoms with Gasteiger partial charge < -0.3 is 24.8 Å². The summed E-state index contributed by atoms with van der Waals surface area (Å²) in [6.45, 7) is 3.11. The van der Waals surface area contributed by atoms with Crippen LogP contribution < -0.4 is 15.0 Å². The fourth-order valence-electron chi connectivity index (χ4n) is 4.36. The summed E-state index contributed by atoms with van der Waals surface area (Å²) in [5.74, 6) is 1.37. The van der Waals surface area contributed by atoms with Crippen LogP contribution in [0.2, 0.25) is 0 Å². The van der Waals surface area contributed by atoms with Crippen molar-refractivity contribution >= 4 is 22.7 Å². The highest BCUT2D eigenvalue weighted by Gasteiger charge is 2.24. The molecule has 9 heteroatoms. The zero-order chi connectivity index (χ0) is 21.8. The lowest BCUT2D eigenvalue weighted by Gasteiger charge is -2.31. The Morgan fingerprint density at radius 2 is 1.84 bits per heavy atom. The molecule has 2 aromatic heterocycles. The maximum Gasteiger partial charge on any atom is 0.223 e. The number of nitrogens with zero attached hydrogens (tertiary/aromatic N) is 5. The van der Waals surface area contributed by atoms with Gasteiger partial charge in [-0.05, 0) is 37.8 Å². The fraction of sp³-hybridized carbons (Fsp3) is 0.478. The molecule has 0 radical (unpaired) electrons. The summed E-state index contributed by atoms with van der Waals surface area (Å²) >= 11 is 0. The summed E-state index contributed by atoms with van der Waals surface area (Å²) in [5.41, 5.74) is 3.38. The van der Waals surface area contributed by atoms with Crippen molar-refractivity contribution in [2.75, 3.05) is 36.5 Å². The first-order valence-corrected chi connectivity index (χ1v) is 11.2. The third-order valence-corrected chi connectivity index (χ3v) is 6.08. The summed E-state index contributed by atoms with van der Waals surface area (Å²) in [6.07, 6.45) is 9.02. The summed E-state index contributed by atoms with van der Waals surface area (Å²) in [6, 6.07) is 6.19. The second-order valence-electron chi connectivity index (χ2n) is 8.23. The fourth-order valence-corrected chi connectivity index (χ4v) is 4.36. The van der Waals surface area contributed by atoms with E-state index in [1.807, 2.05) is 0 Å².